The van der Waals surface area contributed by atoms with Gasteiger partial charge >= 0.3 is 0 Å². The Balaban J connectivity index is 1.18. The number of hydrogen-bond donors (Lipinski definition) is 0. The number of rotatable bonds is 14. The highest BCUT2D eigenvalue weighted by Crippen LogP contribution is 2.40. The Bertz CT molecular complexity index is 851. The maximum absolute atomic E-state index is 12.5. The number of halogens is 1. The summed E-state index contributed by atoms with van der Waals surface area (Å²) in [4.78, 5) is 0. The van der Waals surface area contributed by atoms with Gasteiger partial charge in [0.25, 0.3) is 0 Å². The molecule has 2 fully saturated rings. The molecule has 204 valence electrons. The Labute approximate surface area is 227 Å². The number of alkyl halides is 1. The Morgan fingerprint density at radius 1 is 0.514 bits per heavy atom. The van der Waals surface area contributed by atoms with Gasteiger partial charge in [-0.15, -0.1) is 0 Å². The van der Waals surface area contributed by atoms with Gasteiger partial charge in [0.05, 0.1) is 6.67 Å². The lowest BCUT2D eigenvalue weighted by Gasteiger charge is -2.29. The van der Waals surface area contributed by atoms with Gasteiger partial charge < -0.3 is 0 Å². The van der Waals surface area contributed by atoms with E-state index in [4.69, 9.17) is 0 Å². The molecule has 0 bridgehead atoms. The molecule has 0 nitrogen and oxygen atoms in total. The lowest BCUT2D eigenvalue weighted by atomic mass is 9.76. The topological polar surface area (TPSA) is 0 Å². The fourth-order valence-corrected chi connectivity index (χ4v) is 7.22. The first-order valence-corrected chi connectivity index (χ1v) is 16.0. The molecule has 2 aromatic rings. The molecule has 0 saturated heterocycles. The summed E-state index contributed by atoms with van der Waals surface area (Å²) in [6.45, 7) is 2.15. The van der Waals surface area contributed by atoms with E-state index in [1.54, 1.807) is 5.56 Å². The van der Waals surface area contributed by atoms with Crippen LogP contribution in [0.15, 0.2) is 48.5 Å². The van der Waals surface area contributed by atoms with Crippen LogP contribution in [0.25, 0.3) is 11.1 Å². The van der Waals surface area contributed by atoms with E-state index in [0.29, 0.717) is 5.92 Å². The second-order valence-electron chi connectivity index (χ2n) is 12.4. The van der Waals surface area contributed by atoms with Gasteiger partial charge in [-0.2, -0.15) is 0 Å². The van der Waals surface area contributed by atoms with E-state index in [2.05, 4.69) is 55.5 Å². The van der Waals surface area contributed by atoms with E-state index in [0.717, 1.165) is 30.6 Å². The highest BCUT2D eigenvalue weighted by Gasteiger charge is 2.23. The third-order valence-corrected chi connectivity index (χ3v) is 9.75. The number of hydrogen-bond acceptors (Lipinski definition) is 0. The molecule has 1 heteroatoms. The van der Waals surface area contributed by atoms with Gasteiger partial charge in [-0.05, 0) is 110 Å². The van der Waals surface area contributed by atoms with Gasteiger partial charge in [0.1, 0.15) is 0 Å². The minimum absolute atomic E-state index is 0.150. The smallest absolute Gasteiger partial charge is 0.0894 e. The monoisotopic (exact) mass is 504 g/mol. The average molecular weight is 505 g/mol. The van der Waals surface area contributed by atoms with Gasteiger partial charge in [-0.1, -0.05) is 107 Å². The molecule has 0 unspecified atom stereocenters. The predicted molar refractivity (Wildman–Crippen MR) is 159 cm³/mol. The van der Waals surface area contributed by atoms with E-state index >= 15 is 0 Å². The van der Waals surface area contributed by atoms with Crippen molar-refractivity contribution in [3.05, 3.63) is 59.7 Å². The molecule has 0 radical (unpaired) electrons. The summed E-state index contributed by atoms with van der Waals surface area (Å²) < 4.78 is 12.5. The molecular weight excluding hydrogens is 451 g/mol. The highest BCUT2D eigenvalue weighted by molar-refractivity contribution is 5.64. The van der Waals surface area contributed by atoms with Gasteiger partial charge in [0.2, 0.25) is 0 Å². The molecule has 2 aliphatic carbocycles. The predicted octanol–water partition coefficient (Wildman–Crippen LogP) is 11.8. The second-order valence-corrected chi connectivity index (χ2v) is 12.4. The average Bonchev–Trinajstić information content (AvgIpc) is 2.96. The summed E-state index contributed by atoms with van der Waals surface area (Å²) in [5.41, 5.74) is 5.74. The third kappa shape index (κ3) is 8.97. The van der Waals surface area contributed by atoms with Crippen molar-refractivity contribution in [2.24, 2.45) is 11.8 Å². The Hall–Kier alpha value is -1.63. The van der Waals surface area contributed by atoms with Crippen molar-refractivity contribution in [1.29, 1.82) is 0 Å². The lowest BCUT2D eigenvalue weighted by molar-refractivity contribution is 0.293. The van der Waals surface area contributed by atoms with Crippen LogP contribution < -0.4 is 0 Å². The van der Waals surface area contributed by atoms with Crippen LogP contribution in [-0.4, -0.2) is 6.67 Å². The molecule has 0 spiro atoms. The molecule has 4 rings (SSSR count). The van der Waals surface area contributed by atoms with Crippen molar-refractivity contribution in [1.82, 2.24) is 0 Å². The van der Waals surface area contributed by atoms with Crippen molar-refractivity contribution in [3.63, 3.8) is 0 Å². The third-order valence-electron chi connectivity index (χ3n) is 9.75. The molecule has 37 heavy (non-hydrogen) atoms. The number of unbranched alkanes of at least 4 members (excludes halogenated alkanes) is 6. The van der Waals surface area contributed by atoms with Crippen LogP contribution in [0.5, 0.6) is 0 Å². The largest absolute Gasteiger partial charge is 0.251 e. The Kier molecular flexibility index (Phi) is 12.0. The van der Waals surface area contributed by atoms with Crippen LogP contribution in [0, 0.1) is 11.8 Å². The molecule has 0 aliphatic heterocycles. The fraction of sp³-hybridized carbons (Fsp3) is 0.667. The molecular formula is C36H53F. The first kappa shape index (κ1) is 28.4. The van der Waals surface area contributed by atoms with Crippen LogP contribution >= 0.6 is 0 Å². The van der Waals surface area contributed by atoms with Crippen LogP contribution in [0.2, 0.25) is 0 Å². The zero-order valence-electron chi connectivity index (χ0n) is 23.7. The van der Waals surface area contributed by atoms with E-state index in [9.17, 15) is 4.39 Å². The Morgan fingerprint density at radius 3 is 1.35 bits per heavy atom. The molecule has 0 aromatic heterocycles. The standard InChI is InChI=1S/C36H53F/c1-2-3-4-5-6-7-8-10-29-12-16-31(17-13-29)33-20-24-35(25-21-33)36-26-22-34(23-27-36)32-18-14-30(15-19-32)11-9-28-37/h20-27,29-32H,2-19,28H2,1H3/t29-,30-,31-,32-. The molecule has 2 saturated carbocycles. The minimum Gasteiger partial charge on any atom is -0.251 e. The summed E-state index contributed by atoms with van der Waals surface area (Å²) in [5.74, 6) is 3.19. The molecule has 0 N–H and O–H groups in total. The van der Waals surface area contributed by atoms with Gasteiger partial charge in [-0.3, -0.25) is 4.39 Å². The van der Waals surface area contributed by atoms with Crippen LogP contribution in [0.4, 0.5) is 4.39 Å². The maximum Gasteiger partial charge on any atom is 0.0894 e. The van der Waals surface area contributed by atoms with E-state index < -0.39 is 0 Å². The number of benzene rings is 2. The van der Waals surface area contributed by atoms with Crippen molar-refractivity contribution in [2.75, 3.05) is 6.67 Å². The van der Waals surface area contributed by atoms with E-state index in [1.807, 2.05) is 0 Å². The van der Waals surface area contributed by atoms with Crippen LogP contribution in [0.3, 0.4) is 0 Å². The summed E-state index contributed by atoms with van der Waals surface area (Å²) in [6, 6.07) is 18.9. The summed E-state index contributed by atoms with van der Waals surface area (Å²) in [7, 11) is 0. The zero-order valence-corrected chi connectivity index (χ0v) is 23.7. The lowest BCUT2D eigenvalue weighted by Crippen LogP contribution is -2.13. The van der Waals surface area contributed by atoms with Crippen LogP contribution in [-0.2, 0) is 0 Å². The SMILES string of the molecule is CCCCCCCCC[C@H]1CC[C@H](c2ccc(-c3ccc([C@H]4CC[C@H](CCCF)CC4)cc3)cc2)CC1. The van der Waals surface area contributed by atoms with Crippen molar-refractivity contribution >= 4 is 0 Å². The van der Waals surface area contributed by atoms with Crippen LogP contribution in [0.1, 0.15) is 145 Å². The summed E-state index contributed by atoms with van der Waals surface area (Å²) >= 11 is 0. The van der Waals surface area contributed by atoms with Crippen molar-refractivity contribution in [3.8, 4) is 11.1 Å². The molecule has 0 amide bonds. The van der Waals surface area contributed by atoms with Crippen molar-refractivity contribution < 1.29 is 4.39 Å². The molecule has 0 heterocycles. The minimum atomic E-state index is -0.150. The second kappa shape index (κ2) is 15.7. The summed E-state index contributed by atoms with van der Waals surface area (Å²) in [5, 5.41) is 0. The van der Waals surface area contributed by atoms with Gasteiger partial charge in [0.15, 0.2) is 0 Å². The molecule has 0 atom stereocenters. The first-order chi connectivity index (χ1) is 18.3. The van der Waals surface area contributed by atoms with Gasteiger partial charge in [0, 0.05) is 0 Å². The molecule has 2 aliphatic rings. The van der Waals surface area contributed by atoms with E-state index in [1.165, 1.54) is 119 Å². The normalized spacial score (nSPS) is 24.3. The first-order valence-electron chi connectivity index (χ1n) is 16.0. The van der Waals surface area contributed by atoms with E-state index in [-0.39, 0.29) is 6.67 Å². The van der Waals surface area contributed by atoms with Crippen molar-refractivity contribution in [2.45, 2.75) is 134 Å². The maximum atomic E-state index is 12.5. The highest BCUT2D eigenvalue weighted by atomic mass is 19.1. The zero-order chi connectivity index (χ0) is 25.7. The molecule has 2 aromatic carbocycles. The fourth-order valence-electron chi connectivity index (χ4n) is 7.22. The quantitative estimate of drug-likeness (QED) is 0.224. The summed E-state index contributed by atoms with van der Waals surface area (Å²) in [6.07, 6.45) is 24.0. The Morgan fingerprint density at radius 2 is 0.919 bits per heavy atom. The van der Waals surface area contributed by atoms with Gasteiger partial charge in [-0.25, -0.2) is 0 Å².